The molecular formula is C18H23N3O2S. The topological polar surface area (TPSA) is 45.7 Å². The monoisotopic (exact) mass is 345 g/mol. The van der Waals surface area contributed by atoms with Crippen LogP contribution in [0.4, 0.5) is 0 Å². The van der Waals surface area contributed by atoms with E-state index in [1.807, 2.05) is 41.6 Å². The molecule has 0 atom stereocenters. The highest BCUT2D eigenvalue weighted by Crippen LogP contribution is 2.32. The van der Waals surface area contributed by atoms with Gasteiger partial charge in [0.15, 0.2) is 0 Å². The van der Waals surface area contributed by atoms with E-state index in [0.29, 0.717) is 11.7 Å². The maximum Gasteiger partial charge on any atom is 0.273 e. The van der Waals surface area contributed by atoms with Crippen molar-refractivity contribution in [2.75, 3.05) is 34.3 Å². The Balaban J connectivity index is 1.76. The average Bonchev–Trinajstić information content (AvgIpc) is 3.11. The molecule has 1 aliphatic rings. The summed E-state index contributed by atoms with van der Waals surface area (Å²) < 4.78 is 5.39. The Kier molecular flexibility index (Phi) is 5.16. The van der Waals surface area contributed by atoms with E-state index in [1.54, 1.807) is 7.11 Å². The van der Waals surface area contributed by atoms with Gasteiger partial charge in [-0.3, -0.25) is 4.79 Å². The van der Waals surface area contributed by atoms with Gasteiger partial charge in [0.1, 0.15) is 16.5 Å². The normalized spacial score (nSPS) is 16.1. The van der Waals surface area contributed by atoms with Gasteiger partial charge in [-0.25, -0.2) is 4.98 Å². The van der Waals surface area contributed by atoms with Crippen molar-refractivity contribution < 1.29 is 9.53 Å². The number of aromatic nitrogens is 1. The molecule has 1 aromatic heterocycles. The van der Waals surface area contributed by atoms with Crippen molar-refractivity contribution in [3.05, 3.63) is 35.3 Å². The Morgan fingerprint density at radius 3 is 2.75 bits per heavy atom. The van der Waals surface area contributed by atoms with Crippen LogP contribution in [0.2, 0.25) is 0 Å². The quantitative estimate of drug-likeness (QED) is 0.855. The molecule has 1 aliphatic heterocycles. The highest BCUT2D eigenvalue weighted by Gasteiger charge is 2.26. The zero-order valence-corrected chi connectivity index (χ0v) is 15.2. The fourth-order valence-electron chi connectivity index (χ4n) is 3.05. The van der Waals surface area contributed by atoms with Gasteiger partial charge < -0.3 is 14.5 Å². The lowest BCUT2D eigenvalue weighted by atomic mass is 10.0. The molecule has 0 saturated carbocycles. The van der Waals surface area contributed by atoms with E-state index in [9.17, 15) is 4.79 Å². The third-order valence-corrected chi connectivity index (χ3v) is 5.49. The molecule has 0 radical (unpaired) electrons. The minimum absolute atomic E-state index is 0.00181. The van der Waals surface area contributed by atoms with Crippen LogP contribution < -0.4 is 4.74 Å². The van der Waals surface area contributed by atoms with E-state index in [0.717, 1.165) is 42.3 Å². The Labute approximate surface area is 146 Å². The second-order valence-corrected chi connectivity index (χ2v) is 7.05. The third kappa shape index (κ3) is 3.44. The Morgan fingerprint density at radius 2 is 2.04 bits per heavy atom. The predicted octanol–water partition coefficient (Wildman–Crippen LogP) is 2.98. The van der Waals surface area contributed by atoms with E-state index >= 15 is 0 Å². The molecule has 3 rings (SSSR count). The summed E-state index contributed by atoms with van der Waals surface area (Å²) in [5.41, 5.74) is 1.44. The van der Waals surface area contributed by atoms with Gasteiger partial charge >= 0.3 is 0 Å². The van der Waals surface area contributed by atoms with Crippen LogP contribution in [0.1, 0.15) is 23.3 Å². The highest BCUT2D eigenvalue weighted by molar-refractivity contribution is 7.13. The summed E-state index contributed by atoms with van der Waals surface area (Å²) in [4.78, 5) is 21.5. The number of carbonyl (C=O) groups is 1. The number of piperidine rings is 1. The van der Waals surface area contributed by atoms with Crippen LogP contribution >= 0.6 is 11.3 Å². The van der Waals surface area contributed by atoms with Gasteiger partial charge in [0.25, 0.3) is 5.91 Å². The number of nitrogens with zero attached hydrogens (tertiary/aromatic N) is 3. The molecule has 1 amide bonds. The molecule has 1 aromatic carbocycles. The van der Waals surface area contributed by atoms with Crippen molar-refractivity contribution in [1.29, 1.82) is 0 Å². The van der Waals surface area contributed by atoms with Crippen LogP contribution in [-0.2, 0) is 0 Å². The molecule has 0 unspecified atom stereocenters. The molecular weight excluding hydrogens is 322 g/mol. The molecule has 0 aliphatic carbocycles. The molecule has 1 saturated heterocycles. The molecule has 6 heteroatoms. The van der Waals surface area contributed by atoms with E-state index in [-0.39, 0.29) is 5.91 Å². The number of hydrogen-bond donors (Lipinski definition) is 0. The summed E-state index contributed by atoms with van der Waals surface area (Å²) in [6, 6.07) is 8.04. The maximum atomic E-state index is 12.7. The van der Waals surface area contributed by atoms with Crippen molar-refractivity contribution in [3.8, 4) is 16.3 Å². The molecule has 5 nitrogen and oxygen atoms in total. The number of para-hydroxylation sites is 1. The summed E-state index contributed by atoms with van der Waals surface area (Å²) in [5.74, 6) is 0.775. The molecule has 128 valence electrons. The highest BCUT2D eigenvalue weighted by atomic mass is 32.1. The largest absolute Gasteiger partial charge is 0.496 e. The standard InChI is InChI=1S/C18H23N3O2S/c1-20-10-8-13(9-11-20)21(2)18(22)15-12-24-17(19-15)14-6-4-5-7-16(14)23-3/h4-7,12-13H,8-11H2,1-3H3. The van der Waals surface area contributed by atoms with Gasteiger partial charge in [-0.2, -0.15) is 0 Å². The smallest absolute Gasteiger partial charge is 0.273 e. The molecule has 0 bridgehead atoms. The molecule has 2 aromatic rings. The Morgan fingerprint density at radius 1 is 1.33 bits per heavy atom. The van der Waals surface area contributed by atoms with E-state index in [1.165, 1.54) is 11.3 Å². The number of benzene rings is 1. The van der Waals surface area contributed by atoms with Crippen molar-refractivity contribution in [2.24, 2.45) is 0 Å². The number of rotatable bonds is 4. The van der Waals surface area contributed by atoms with Crippen LogP contribution in [0.15, 0.2) is 29.6 Å². The first-order valence-corrected chi connectivity index (χ1v) is 9.02. The molecule has 1 fully saturated rings. The Bertz CT molecular complexity index is 708. The zero-order chi connectivity index (χ0) is 17.1. The number of ether oxygens (including phenoxy) is 1. The molecule has 2 heterocycles. The molecule has 24 heavy (non-hydrogen) atoms. The van der Waals surface area contributed by atoms with Crippen LogP contribution in [-0.4, -0.2) is 61.0 Å². The fourth-order valence-corrected chi connectivity index (χ4v) is 3.87. The van der Waals surface area contributed by atoms with Crippen LogP contribution in [0.5, 0.6) is 5.75 Å². The minimum Gasteiger partial charge on any atom is -0.496 e. The summed E-state index contributed by atoms with van der Waals surface area (Å²) in [5, 5.41) is 2.66. The van der Waals surface area contributed by atoms with Gasteiger partial charge in [-0.1, -0.05) is 12.1 Å². The minimum atomic E-state index is 0.00181. The first-order chi connectivity index (χ1) is 11.6. The lowest BCUT2D eigenvalue weighted by Crippen LogP contribution is -2.44. The SMILES string of the molecule is COc1ccccc1-c1nc(C(=O)N(C)C2CCN(C)CC2)cs1. The van der Waals surface area contributed by atoms with Gasteiger partial charge in [-0.05, 0) is 45.1 Å². The van der Waals surface area contributed by atoms with Gasteiger partial charge in [0, 0.05) is 18.5 Å². The number of likely N-dealkylation sites (tertiary alicyclic amines) is 1. The van der Waals surface area contributed by atoms with E-state index < -0.39 is 0 Å². The van der Waals surface area contributed by atoms with Gasteiger partial charge in [0.05, 0.1) is 12.7 Å². The van der Waals surface area contributed by atoms with E-state index in [2.05, 4.69) is 16.9 Å². The maximum absolute atomic E-state index is 12.7. The predicted molar refractivity (Wildman–Crippen MR) is 96.7 cm³/mol. The van der Waals surface area contributed by atoms with Crippen molar-refractivity contribution in [2.45, 2.75) is 18.9 Å². The summed E-state index contributed by atoms with van der Waals surface area (Å²) in [6.45, 7) is 2.07. The fraction of sp³-hybridized carbons (Fsp3) is 0.444. The van der Waals surface area contributed by atoms with Crippen LogP contribution in [0, 0.1) is 0 Å². The first kappa shape index (κ1) is 16.9. The lowest BCUT2D eigenvalue weighted by molar-refractivity contribution is 0.0654. The zero-order valence-electron chi connectivity index (χ0n) is 14.4. The van der Waals surface area contributed by atoms with Crippen molar-refractivity contribution in [3.63, 3.8) is 0 Å². The number of hydrogen-bond acceptors (Lipinski definition) is 5. The molecule has 0 spiro atoms. The van der Waals surface area contributed by atoms with Gasteiger partial charge in [0.2, 0.25) is 0 Å². The summed E-state index contributed by atoms with van der Waals surface area (Å²) >= 11 is 1.48. The van der Waals surface area contributed by atoms with Crippen LogP contribution in [0.25, 0.3) is 10.6 Å². The van der Waals surface area contributed by atoms with Crippen LogP contribution in [0.3, 0.4) is 0 Å². The lowest BCUT2D eigenvalue weighted by Gasteiger charge is -2.34. The second kappa shape index (κ2) is 7.32. The van der Waals surface area contributed by atoms with Crippen molar-refractivity contribution >= 4 is 17.2 Å². The number of thiazole rings is 1. The third-order valence-electron chi connectivity index (χ3n) is 4.62. The average molecular weight is 345 g/mol. The Hall–Kier alpha value is -1.92. The number of amides is 1. The number of carbonyl (C=O) groups excluding carboxylic acids is 1. The summed E-state index contributed by atoms with van der Waals surface area (Å²) in [6.07, 6.45) is 2.03. The summed E-state index contributed by atoms with van der Waals surface area (Å²) in [7, 11) is 5.66. The number of methoxy groups -OCH3 is 1. The second-order valence-electron chi connectivity index (χ2n) is 6.19. The van der Waals surface area contributed by atoms with E-state index in [4.69, 9.17) is 4.74 Å². The van der Waals surface area contributed by atoms with Crippen molar-refractivity contribution in [1.82, 2.24) is 14.8 Å². The molecule has 0 N–H and O–H groups in total. The van der Waals surface area contributed by atoms with Gasteiger partial charge in [-0.15, -0.1) is 11.3 Å². The first-order valence-electron chi connectivity index (χ1n) is 8.14.